The number of nitrogens with one attached hydrogen (secondary N) is 2. The quantitative estimate of drug-likeness (QED) is 0.175. The topological polar surface area (TPSA) is 41.4 Å². The van der Waals surface area contributed by atoms with Crippen LogP contribution in [0.1, 0.15) is 92.9 Å². The Morgan fingerprint density at radius 1 is 0.538 bits per heavy atom. The summed E-state index contributed by atoms with van der Waals surface area (Å²) in [6.07, 6.45) is 10.9. The molecule has 12 rings (SSSR count). The number of hydrogen-bond acceptors (Lipinski definition) is 3. The molecule has 0 fully saturated rings. The van der Waals surface area contributed by atoms with Gasteiger partial charge in [0.05, 0.1) is 11.2 Å². The van der Waals surface area contributed by atoms with Crippen molar-refractivity contribution < 1.29 is 0 Å². The predicted octanol–water partition coefficient (Wildman–Crippen LogP) is 14.5. The molecule has 0 saturated heterocycles. The van der Waals surface area contributed by atoms with Gasteiger partial charge in [-0.05, 0) is 134 Å². The van der Waals surface area contributed by atoms with Crippen LogP contribution in [0.15, 0.2) is 180 Å². The van der Waals surface area contributed by atoms with Crippen LogP contribution in [-0.4, -0.2) is 16.6 Å². The number of fused-ring (bicyclic) bond motifs is 7. The lowest BCUT2D eigenvalue weighted by atomic mass is 9.63. The van der Waals surface area contributed by atoms with Gasteiger partial charge in [0.25, 0.3) is 0 Å². The number of aromatic nitrogens is 1. The van der Waals surface area contributed by atoms with Crippen LogP contribution in [0, 0.1) is 0 Å². The SMILES string of the molecule is CC1(C)CCC(C)(C)c2cc3c(cc21)c1c(n3C2=CC=C(C3NC(c4ccc(-c5ccccc5)c5ccccc45)=NC(c4ccc(-c5ccccc5)cc4)N3)CC2)-c2ccccc2CC1. The zero-order valence-corrected chi connectivity index (χ0v) is 38.0. The van der Waals surface area contributed by atoms with Crippen molar-refractivity contribution in [2.24, 2.45) is 4.99 Å². The maximum absolute atomic E-state index is 5.49. The molecule has 0 saturated carbocycles. The van der Waals surface area contributed by atoms with Gasteiger partial charge in [0.2, 0.25) is 0 Å². The summed E-state index contributed by atoms with van der Waals surface area (Å²) in [7, 11) is 0. The molecular formula is C61H56N4. The highest BCUT2D eigenvalue weighted by molar-refractivity contribution is 6.13. The first-order chi connectivity index (χ1) is 31.7. The van der Waals surface area contributed by atoms with E-state index in [0.29, 0.717) is 0 Å². The zero-order valence-electron chi connectivity index (χ0n) is 38.0. The van der Waals surface area contributed by atoms with Gasteiger partial charge < -0.3 is 9.88 Å². The van der Waals surface area contributed by atoms with E-state index in [-0.39, 0.29) is 23.2 Å². The van der Waals surface area contributed by atoms with Crippen molar-refractivity contribution in [3.05, 3.63) is 209 Å². The number of nitrogens with zero attached hydrogens (tertiary/aromatic N) is 2. The summed E-state index contributed by atoms with van der Waals surface area (Å²) in [6, 6.07) is 58.0. The fourth-order valence-electron chi connectivity index (χ4n) is 11.5. The molecule has 7 aromatic carbocycles. The minimum atomic E-state index is -0.240. The van der Waals surface area contributed by atoms with Crippen LogP contribution >= 0.6 is 0 Å². The van der Waals surface area contributed by atoms with Crippen LogP contribution in [0.4, 0.5) is 0 Å². The number of allylic oxidation sites excluding steroid dienone is 3. The summed E-state index contributed by atoms with van der Waals surface area (Å²) in [4.78, 5) is 5.49. The van der Waals surface area contributed by atoms with Crippen LogP contribution in [0.5, 0.6) is 0 Å². The van der Waals surface area contributed by atoms with Gasteiger partial charge in [-0.15, -0.1) is 0 Å². The molecule has 8 aromatic rings. The van der Waals surface area contributed by atoms with Crippen LogP contribution in [0.3, 0.4) is 0 Å². The zero-order chi connectivity index (χ0) is 43.9. The van der Waals surface area contributed by atoms with E-state index in [1.165, 1.54) is 96.0 Å². The number of benzene rings is 7. The summed E-state index contributed by atoms with van der Waals surface area (Å²) >= 11 is 0. The summed E-state index contributed by atoms with van der Waals surface area (Å²) in [6.45, 7) is 9.82. The molecule has 2 atom stereocenters. The molecule has 4 heteroatoms. The standard InChI is InChI=1S/C61H56N4/c1-60(2)35-36-61(3,4)54-38-55-52(37-53(54)60)50-32-29-42-19-11-12-20-47(42)56(50)65(55)45-30-27-44(28-31-45)58-62-57(43-25-23-40(24-26-43)39-15-7-5-8-16-39)63-59(64-58)51-34-33-46(41-17-9-6-10-18-41)48-21-13-14-22-49(48)51/h5-27,30,33-34,37-38,57-58,62H,28-29,31-32,35-36H2,1-4H3,(H,63,64). The predicted molar refractivity (Wildman–Crippen MR) is 272 cm³/mol. The molecule has 0 amide bonds. The second-order valence-corrected chi connectivity index (χ2v) is 20.1. The first kappa shape index (κ1) is 39.8. The van der Waals surface area contributed by atoms with Crippen molar-refractivity contribution >= 4 is 33.2 Å². The third-order valence-electron chi connectivity index (χ3n) is 15.2. The third kappa shape index (κ3) is 6.81. The second kappa shape index (κ2) is 15.5. The maximum Gasteiger partial charge on any atom is 0.132 e. The molecule has 320 valence electrons. The molecular weight excluding hydrogens is 789 g/mol. The normalized spacial score (nSPS) is 19.6. The second-order valence-electron chi connectivity index (χ2n) is 20.1. The van der Waals surface area contributed by atoms with Gasteiger partial charge in [0.15, 0.2) is 0 Å². The van der Waals surface area contributed by atoms with Gasteiger partial charge in [0, 0.05) is 22.2 Å². The van der Waals surface area contributed by atoms with Gasteiger partial charge in [-0.2, -0.15) is 0 Å². The average molecular weight is 845 g/mol. The number of aliphatic imine (C=N–C) groups is 1. The van der Waals surface area contributed by atoms with Crippen LogP contribution in [-0.2, 0) is 23.7 Å². The Morgan fingerprint density at radius 3 is 1.89 bits per heavy atom. The Kier molecular flexibility index (Phi) is 9.47. The van der Waals surface area contributed by atoms with Crippen molar-refractivity contribution in [1.29, 1.82) is 0 Å². The Hall–Kier alpha value is -6.75. The monoisotopic (exact) mass is 844 g/mol. The lowest BCUT2D eigenvalue weighted by Crippen LogP contribution is -2.52. The van der Waals surface area contributed by atoms with Crippen molar-refractivity contribution in [3.63, 3.8) is 0 Å². The minimum Gasteiger partial charge on any atom is -0.351 e. The molecule has 1 aromatic heterocycles. The molecule has 65 heavy (non-hydrogen) atoms. The molecule has 2 heterocycles. The fourth-order valence-corrected chi connectivity index (χ4v) is 11.5. The Balaban J connectivity index is 0.968. The van der Waals surface area contributed by atoms with Gasteiger partial charge in [-0.25, -0.2) is 4.99 Å². The molecule has 4 aliphatic rings. The van der Waals surface area contributed by atoms with Gasteiger partial charge >= 0.3 is 0 Å². The lowest BCUT2D eigenvalue weighted by Gasteiger charge is -2.42. The van der Waals surface area contributed by atoms with Crippen LogP contribution in [0.25, 0.3) is 60.9 Å². The Bertz CT molecular complexity index is 3250. The fraction of sp³-hybridized carbons (Fsp3) is 0.230. The number of hydrogen-bond donors (Lipinski definition) is 2. The smallest absolute Gasteiger partial charge is 0.132 e. The highest BCUT2D eigenvalue weighted by Gasteiger charge is 2.39. The van der Waals surface area contributed by atoms with Crippen LogP contribution in [0.2, 0.25) is 0 Å². The molecule has 4 nitrogen and oxygen atoms in total. The summed E-state index contributed by atoms with van der Waals surface area (Å²) in [5.41, 5.74) is 20.3. The van der Waals surface area contributed by atoms with E-state index in [2.05, 4.69) is 213 Å². The van der Waals surface area contributed by atoms with E-state index in [9.17, 15) is 0 Å². The number of aryl methyl sites for hydroxylation is 2. The Morgan fingerprint density at radius 2 is 1.17 bits per heavy atom. The summed E-state index contributed by atoms with van der Waals surface area (Å²) in [5, 5.41) is 11.8. The highest BCUT2D eigenvalue weighted by Crippen LogP contribution is 2.51. The first-order valence-corrected chi connectivity index (χ1v) is 23.7. The van der Waals surface area contributed by atoms with Crippen LogP contribution < -0.4 is 10.6 Å². The van der Waals surface area contributed by atoms with Crippen molar-refractivity contribution in [1.82, 2.24) is 15.2 Å². The average Bonchev–Trinajstić information content (AvgIpc) is 3.69. The largest absolute Gasteiger partial charge is 0.351 e. The van der Waals surface area contributed by atoms with Gasteiger partial charge in [0.1, 0.15) is 18.2 Å². The van der Waals surface area contributed by atoms with E-state index < -0.39 is 0 Å². The molecule has 0 spiro atoms. The first-order valence-electron chi connectivity index (χ1n) is 23.7. The maximum atomic E-state index is 5.49. The summed E-state index contributed by atoms with van der Waals surface area (Å²) < 4.78 is 2.67. The highest BCUT2D eigenvalue weighted by atomic mass is 15.3. The molecule has 2 unspecified atom stereocenters. The molecule has 1 aliphatic heterocycles. The van der Waals surface area contributed by atoms with E-state index in [1.807, 2.05) is 0 Å². The van der Waals surface area contributed by atoms with Crippen molar-refractivity contribution in [3.8, 4) is 33.5 Å². The van der Waals surface area contributed by atoms with Crippen molar-refractivity contribution in [2.45, 2.75) is 89.4 Å². The van der Waals surface area contributed by atoms with Gasteiger partial charge in [-0.3, -0.25) is 5.32 Å². The Labute approximate surface area is 383 Å². The van der Waals surface area contributed by atoms with Gasteiger partial charge in [-0.1, -0.05) is 179 Å². The molecule has 2 N–H and O–H groups in total. The minimum absolute atomic E-state index is 0.113. The van der Waals surface area contributed by atoms with E-state index in [1.54, 1.807) is 5.56 Å². The summed E-state index contributed by atoms with van der Waals surface area (Å²) in [5.74, 6) is 0.912. The molecule has 3 aliphatic carbocycles. The van der Waals surface area contributed by atoms with Crippen molar-refractivity contribution in [2.75, 3.05) is 0 Å². The lowest BCUT2D eigenvalue weighted by molar-refractivity contribution is 0.332. The van der Waals surface area contributed by atoms with E-state index >= 15 is 0 Å². The van der Waals surface area contributed by atoms with E-state index in [0.717, 1.165) is 42.6 Å². The number of rotatable bonds is 6. The van der Waals surface area contributed by atoms with E-state index in [4.69, 9.17) is 4.99 Å². The molecule has 0 radical (unpaired) electrons. The number of amidine groups is 1. The third-order valence-corrected chi connectivity index (χ3v) is 15.2. The molecule has 0 bridgehead atoms.